The van der Waals surface area contributed by atoms with Crippen molar-refractivity contribution in [2.45, 2.75) is 44.8 Å². The van der Waals surface area contributed by atoms with Crippen molar-refractivity contribution in [2.24, 2.45) is 5.92 Å². The number of rotatable bonds is 3. The number of carbonyl (C=O) groups excluding carboxylic acids is 1. The number of aromatic nitrogens is 2. The van der Waals surface area contributed by atoms with E-state index in [0.717, 1.165) is 37.9 Å². The maximum absolute atomic E-state index is 12.3. The molecule has 0 spiro atoms. The van der Waals surface area contributed by atoms with Crippen LogP contribution in [0.4, 0.5) is 0 Å². The molecule has 1 aromatic rings. The van der Waals surface area contributed by atoms with Crippen molar-refractivity contribution in [3.05, 3.63) is 17.5 Å². The zero-order chi connectivity index (χ0) is 12.5. The van der Waals surface area contributed by atoms with Crippen LogP contribution in [-0.4, -0.2) is 32.7 Å². The van der Waals surface area contributed by atoms with E-state index in [2.05, 4.69) is 10.2 Å². The minimum absolute atomic E-state index is 0.0315. The quantitative estimate of drug-likeness (QED) is 0.850. The molecule has 2 N–H and O–H groups in total. The molecule has 2 heterocycles. The van der Waals surface area contributed by atoms with Gasteiger partial charge in [-0.25, -0.2) is 0 Å². The molecule has 1 saturated heterocycles. The Labute approximate surface area is 106 Å². The molecule has 1 aromatic heterocycles. The van der Waals surface area contributed by atoms with Crippen LogP contribution in [0.25, 0.3) is 0 Å². The summed E-state index contributed by atoms with van der Waals surface area (Å²) in [6, 6.07) is 1.98. The standard InChI is InChI=1S/C13H19N3O2/c17-8-10-7-11(15-14-10)12-5-2-6-16(12)13(18)9-3-1-4-9/h7,9,12,17H,1-6,8H2,(H,14,15). The number of nitrogens with zero attached hydrogens (tertiary/aromatic N) is 2. The fourth-order valence-electron chi connectivity index (χ4n) is 2.86. The van der Waals surface area contributed by atoms with E-state index in [0.29, 0.717) is 11.6 Å². The van der Waals surface area contributed by atoms with Crippen molar-refractivity contribution >= 4 is 5.91 Å². The SMILES string of the molecule is O=C(C1CCC1)N1CCCC1c1cc(CO)[nH]n1. The Morgan fingerprint density at radius 1 is 1.44 bits per heavy atom. The number of hydrogen-bond acceptors (Lipinski definition) is 3. The molecule has 1 aliphatic heterocycles. The Balaban J connectivity index is 1.75. The Bertz CT molecular complexity index is 439. The van der Waals surface area contributed by atoms with Crippen LogP contribution >= 0.6 is 0 Å². The molecule has 5 nitrogen and oxygen atoms in total. The zero-order valence-corrected chi connectivity index (χ0v) is 10.4. The van der Waals surface area contributed by atoms with Gasteiger partial charge in [-0.3, -0.25) is 9.89 Å². The Morgan fingerprint density at radius 2 is 2.28 bits per heavy atom. The third kappa shape index (κ3) is 1.92. The summed E-state index contributed by atoms with van der Waals surface area (Å²) in [5, 5.41) is 16.1. The van der Waals surface area contributed by atoms with Crippen molar-refractivity contribution in [3.63, 3.8) is 0 Å². The molecule has 1 saturated carbocycles. The second kappa shape index (κ2) is 4.72. The van der Waals surface area contributed by atoms with E-state index in [1.807, 2.05) is 11.0 Å². The molecular formula is C13H19N3O2. The molecule has 1 aliphatic carbocycles. The van der Waals surface area contributed by atoms with Crippen LogP contribution in [0.2, 0.25) is 0 Å². The van der Waals surface area contributed by atoms with Gasteiger partial charge in [0.05, 0.1) is 24.0 Å². The summed E-state index contributed by atoms with van der Waals surface area (Å²) < 4.78 is 0. The smallest absolute Gasteiger partial charge is 0.226 e. The maximum atomic E-state index is 12.3. The molecule has 5 heteroatoms. The van der Waals surface area contributed by atoms with Gasteiger partial charge in [-0.05, 0) is 31.7 Å². The van der Waals surface area contributed by atoms with Crippen LogP contribution in [0.15, 0.2) is 6.07 Å². The summed E-state index contributed by atoms with van der Waals surface area (Å²) in [5.74, 6) is 0.555. The molecule has 2 aliphatic rings. The van der Waals surface area contributed by atoms with Crippen LogP contribution in [0.5, 0.6) is 0 Å². The summed E-state index contributed by atoms with van der Waals surface area (Å²) in [6.45, 7) is 0.817. The highest BCUT2D eigenvalue weighted by atomic mass is 16.3. The Morgan fingerprint density at radius 3 is 2.89 bits per heavy atom. The summed E-state index contributed by atoms with van der Waals surface area (Å²) in [6.07, 6.45) is 5.31. The molecule has 18 heavy (non-hydrogen) atoms. The number of aliphatic hydroxyl groups excluding tert-OH is 1. The van der Waals surface area contributed by atoms with Gasteiger partial charge in [-0.2, -0.15) is 5.10 Å². The second-order valence-corrected chi connectivity index (χ2v) is 5.29. The fourth-order valence-corrected chi connectivity index (χ4v) is 2.86. The van der Waals surface area contributed by atoms with Crippen molar-refractivity contribution in [1.29, 1.82) is 0 Å². The fraction of sp³-hybridized carbons (Fsp3) is 0.692. The number of H-pyrrole nitrogens is 1. The molecule has 1 unspecified atom stereocenters. The zero-order valence-electron chi connectivity index (χ0n) is 10.4. The van der Waals surface area contributed by atoms with E-state index in [4.69, 9.17) is 5.11 Å². The molecule has 0 radical (unpaired) electrons. The highest BCUT2D eigenvalue weighted by Crippen LogP contribution is 2.36. The van der Waals surface area contributed by atoms with Crippen molar-refractivity contribution in [1.82, 2.24) is 15.1 Å². The van der Waals surface area contributed by atoms with Gasteiger partial charge in [0, 0.05) is 12.5 Å². The minimum Gasteiger partial charge on any atom is -0.390 e. The first kappa shape index (κ1) is 11.7. The van der Waals surface area contributed by atoms with Crippen LogP contribution in [0.1, 0.15) is 49.5 Å². The van der Waals surface area contributed by atoms with E-state index in [9.17, 15) is 4.79 Å². The van der Waals surface area contributed by atoms with Crippen LogP contribution in [0, 0.1) is 5.92 Å². The Hall–Kier alpha value is -1.36. The van der Waals surface area contributed by atoms with Gasteiger partial charge in [0.15, 0.2) is 0 Å². The number of aromatic amines is 1. The summed E-state index contributed by atoms with van der Waals surface area (Å²) in [7, 11) is 0. The predicted molar refractivity (Wildman–Crippen MR) is 65.5 cm³/mol. The monoisotopic (exact) mass is 249 g/mol. The van der Waals surface area contributed by atoms with E-state index < -0.39 is 0 Å². The van der Waals surface area contributed by atoms with E-state index in [1.165, 1.54) is 6.42 Å². The van der Waals surface area contributed by atoms with E-state index in [-0.39, 0.29) is 18.6 Å². The topological polar surface area (TPSA) is 69.2 Å². The van der Waals surface area contributed by atoms with Crippen molar-refractivity contribution in [2.75, 3.05) is 6.54 Å². The average Bonchev–Trinajstić information content (AvgIpc) is 2.95. The third-order valence-electron chi connectivity index (χ3n) is 4.15. The molecule has 1 amide bonds. The molecule has 0 bridgehead atoms. The molecule has 98 valence electrons. The summed E-state index contributed by atoms with van der Waals surface area (Å²) in [5.41, 5.74) is 1.61. The lowest BCUT2D eigenvalue weighted by molar-refractivity contribution is -0.139. The number of aliphatic hydroxyl groups is 1. The average molecular weight is 249 g/mol. The summed E-state index contributed by atoms with van der Waals surface area (Å²) >= 11 is 0. The molecule has 1 atom stereocenters. The summed E-state index contributed by atoms with van der Waals surface area (Å²) in [4.78, 5) is 14.3. The highest BCUT2D eigenvalue weighted by molar-refractivity contribution is 5.80. The van der Waals surface area contributed by atoms with Crippen LogP contribution in [0.3, 0.4) is 0 Å². The van der Waals surface area contributed by atoms with Gasteiger partial charge in [-0.15, -0.1) is 0 Å². The van der Waals surface area contributed by atoms with Crippen molar-refractivity contribution in [3.8, 4) is 0 Å². The molecule has 2 fully saturated rings. The lowest BCUT2D eigenvalue weighted by Gasteiger charge is -2.32. The largest absolute Gasteiger partial charge is 0.390 e. The first-order valence-corrected chi connectivity index (χ1v) is 6.75. The number of nitrogens with one attached hydrogen (secondary N) is 1. The first-order chi connectivity index (χ1) is 8.79. The van der Waals surface area contributed by atoms with Gasteiger partial charge >= 0.3 is 0 Å². The van der Waals surface area contributed by atoms with Crippen molar-refractivity contribution < 1.29 is 9.90 Å². The third-order valence-corrected chi connectivity index (χ3v) is 4.15. The van der Waals surface area contributed by atoms with Gasteiger partial charge < -0.3 is 10.0 Å². The number of amides is 1. The second-order valence-electron chi connectivity index (χ2n) is 5.29. The highest BCUT2D eigenvalue weighted by Gasteiger charge is 2.37. The number of carbonyl (C=O) groups is 1. The van der Waals surface area contributed by atoms with E-state index in [1.54, 1.807) is 0 Å². The number of likely N-dealkylation sites (tertiary alicyclic amines) is 1. The van der Waals surface area contributed by atoms with Gasteiger partial charge in [0.1, 0.15) is 0 Å². The predicted octanol–water partition coefficient (Wildman–Crippen LogP) is 1.37. The van der Waals surface area contributed by atoms with Crippen LogP contribution < -0.4 is 0 Å². The maximum Gasteiger partial charge on any atom is 0.226 e. The number of hydrogen-bond donors (Lipinski definition) is 2. The lowest BCUT2D eigenvalue weighted by Crippen LogP contribution is -2.38. The van der Waals surface area contributed by atoms with Gasteiger partial charge in [0.2, 0.25) is 5.91 Å². The van der Waals surface area contributed by atoms with Crippen LogP contribution in [-0.2, 0) is 11.4 Å². The van der Waals surface area contributed by atoms with E-state index >= 15 is 0 Å². The lowest BCUT2D eigenvalue weighted by atomic mass is 9.84. The molecule has 0 aromatic carbocycles. The molecular weight excluding hydrogens is 230 g/mol. The first-order valence-electron chi connectivity index (χ1n) is 6.75. The minimum atomic E-state index is -0.0315. The van der Waals surface area contributed by atoms with Gasteiger partial charge in [-0.1, -0.05) is 6.42 Å². The Kier molecular flexibility index (Phi) is 3.07. The normalized spacial score (nSPS) is 24.3. The van der Waals surface area contributed by atoms with Gasteiger partial charge in [0.25, 0.3) is 0 Å². The molecule has 3 rings (SSSR count).